The molecular formula is C13H22N4O2. The molecule has 0 amide bonds. The van der Waals surface area contributed by atoms with Crippen molar-refractivity contribution in [3.8, 4) is 0 Å². The fraction of sp³-hybridized carbons (Fsp3) is 0.769. The van der Waals surface area contributed by atoms with E-state index in [1.807, 2.05) is 0 Å². The largest absolute Gasteiger partial charge is 0.362 e. The van der Waals surface area contributed by atoms with Gasteiger partial charge in [0.25, 0.3) is 0 Å². The van der Waals surface area contributed by atoms with Gasteiger partial charge in [0, 0.05) is 13.1 Å². The second kappa shape index (κ2) is 5.59. The molecule has 1 N–H and O–H groups in total. The lowest BCUT2D eigenvalue weighted by Crippen LogP contribution is -2.28. The zero-order valence-electron chi connectivity index (χ0n) is 11.8. The SMILES string of the molecule is Cc1nn(C)c(NC(C)C2CCCCC2)c1[N+](=O)[O-]. The van der Waals surface area contributed by atoms with Crippen LogP contribution >= 0.6 is 0 Å². The van der Waals surface area contributed by atoms with E-state index in [2.05, 4.69) is 17.3 Å². The molecule has 1 saturated carbocycles. The normalized spacial score (nSPS) is 18.3. The predicted molar refractivity (Wildman–Crippen MR) is 74.3 cm³/mol. The number of nitrogens with one attached hydrogen (secondary N) is 1. The lowest BCUT2D eigenvalue weighted by atomic mass is 9.84. The highest BCUT2D eigenvalue weighted by molar-refractivity contribution is 5.59. The van der Waals surface area contributed by atoms with E-state index >= 15 is 0 Å². The van der Waals surface area contributed by atoms with Crippen molar-refractivity contribution in [2.75, 3.05) is 5.32 Å². The molecule has 0 bridgehead atoms. The Bertz CT molecular complexity index is 463. The Labute approximate surface area is 113 Å². The van der Waals surface area contributed by atoms with Crippen LogP contribution in [0.2, 0.25) is 0 Å². The first-order chi connectivity index (χ1) is 9.00. The molecule has 1 aliphatic carbocycles. The van der Waals surface area contributed by atoms with E-state index in [4.69, 9.17) is 0 Å². The van der Waals surface area contributed by atoms with Gasteiger partial charge in [0.1, 0.15) is 5.69 Å². The van der Waals surface area contributed by atoms with E-state index in [1.54, 1.807) is 18.7 Å². The molecular weight excluding hydrogens is 244 g/mol. The number of rotatable bonds is 4. The molecule has 1 aliphatic rings. The van der Waals surface area contributed by atoms with Gasteiger partial charge in [-0.1, -0.05) is 19.3 Å². The molecule has 1 aromatic heterocycles. The Balaban J connectivity index is 2.15. The number of hydrogen-bond donors (Lipinski definition) is 1. The summed E-state index contributed by atoms with van der Waals surface area (Å²) in [6.07, 6.45) is 6.26. The number of nitro groups is 1. The van der Waals surface area contributed by atoms with E-state index in [1.165, 1.54) is 32.1 Å². The molecule has 1 unspecified atom stereocenters. The van der Waals surface area contributed by atoms with E-state index in [0.29, 0.717) is 17.4 Å². The lowest BCUT2D eigenvalue weighted by Gasteiger charge is -2.28. The van der Waals surface area contributed by atoms with Crippen molar-refractivity contribution in [2.45, 2.75) is 52.0 Å². The summed E-state index contributed by atoms with van der Waals surface area (Å²) in [6.45, 7) is 3.79. The van der Waals surface area contributed by atoms with Crippen LogP contribution in [0.3, 0.4) is 0 Å². The van der Waals surface area contributed by atoms with Gasteiger partial charge < -0.3 is 5.32 Å². The third kappa shape index (κ3) is 2.88. The Morgan fingerprint density at radius 1 is 1.42 bits per heavy atom. The first-order valence-electron chi connectivity index (χ1n) is 6.95. The van der Waals surface area contributed by atoms with Gasteiger partial charge in [-0.15, -0.1) is 0 Å². The fourth-order valence-corrected chi connectivity index (χ4v) is 3.00. The summed E-state index contributed by atoms with van der Waals surface area (Å²) < 4.78 is 1.58. The molecule has 0 saturated heterocycles. The summed E-state index contributed by atoms with van der Waals surface area (Å²) in [7, 11) is 1.75. The summed E-state index contributed by atoms with van der Waals surface area (Å²) in [5.74, 6) is 1.13. The van der Waals surface area contributed by atoms with Gasteiger partial charge in [0.2, 0.25) is 5.82 Å². The fourth-order valence-electron chi connectivity index (χ4n) is 3.00. The molecule has 0 aliphatic heterocycles. The zero-order chi connectivity index (χ0) is 14.0. The molecule has 1 aromatic rings. The summed E-state index contributed by atoms with van der Waals surface area (Å²) in [4.78, 5) is 10.8. The minimum atomic E-state index is -0.349. The van der Waals surface area contributed by atoms with Gasteiger partial charge in [-0.2, -0.15) is 5.10 Å². The first kappa shape index (κ1) is 13.8. The van der Waals surface area contributed by atoms with Crippen LogP contribution in [0.5, 0.6) is 0 Å². The van der Waals surface area contributed by atoms with Crippen molar-refractivity contribution in [3.05, 3.63) is 15.8 Å². The zero-order valence-corrected chi connectivity index (χ0v) is 11.8. The maximum absolute atomic E-state index is 11.1. The maximum Gasteiger partial charge on any atom is 0.333 e. The van der Waals surface area contributed by atoms with Gasteiger partial charge in [-0.05, 0) is 32.6 Å². The molecule has 19 heavy (non-hydrogen) atoms. The Morgan fingerprint density at radius 3 is 2.63 bits per heavy atom. The second-order valence-corrected chi connectivity index (χ2v) is 5.49. The minimum absolute atomic E-state index is 0.102. The third-order valence-electron chi connectivity index (χ3n) is 4.09. The molecule has 1 heterocycles. The molecule has 1 atom stereocenters. The van der Waals surface area contributed by atoms with Gasteiger partial charge in [-0.25, -0.2) is 4.68 Å². The summed E-state index contributed by atoms with van der Waals surface area (Å²) >= 11 is 0. The van der Waals surface area contributed by atoms with Gasteiger partial charge in [0.15, 0.2) is 0 Å². The smallest absolute Gasteiger partial charge is 0.333 e. The van der Waals surface area contributed by atoms with Gasteiger partial charge in [-0.3, -0.25) is 10.1 Å². The Hall–Kier alpha value is -1.59. The van der Waals surface area contributed by atoms with Crippen molar-refractivity contribution < 1.29 is 4.92 Å². The summed E-state index contributed by atoms with van der Waals surface area (Å²) in [6, 6.07) is 0.244. The summed E-state index contributed by atoms with van der Waals surface area (Å²) in [5, 5.41) is 18.6. The average Bonchev–Trinajstić information content (AvgIpc) is 2.65. The highest BCUT2D eigenvalue weighted by Gasteiger charge is 2.27. The predicted octanol–water partition coefficient (Wildman–Crippen LogP) is 3.02. The van der Waals surface area contributed by atoms with E-state index < -0.39 is 0 Å². The van der Waals surface area contributed by atoms with E-state index in [-0.39, 0.29) is 16.7 Å². The standard InChI is InChI=1S/C13H22N4O2/c1-9(11-7-5-4-6-8-11)14-13-12(17(18)19)10(2)15-16(13)3/h9,11,14H,4-8H2,1-3H3. The lowest BCUT2D eigenvalue weighted by molar-refractivity contribution is -0.384. The highest BCUT2D eigenvalue weighted by atomic mass is 16.6. The highest BCUT2D eigenvalue weighted by Crippen LogP contribution is 2.32. The molecule has 2 rings (SSSR count). The molecule has 6 nitrogen and oxygen atoms in total. The maximum atomic E-state index is 11.1. The van der Waals surface area contributed by atoms with Crippen molar-refractivity contribution in [1.29, 1.82) is 0 Å². The van der Waals surface area contributed by atoms with E-state index in [0.717, 1.165) is 0 Å². The monoisotopic (exact) mass is 266 g/mol. The molecule has 0 aromatic carbocycles. The summed E-state index contributed by atoms with van der Waals surface area (Å²) in [5.41, 5.74) is 0.566. The first-order valence-corrected chi connectivity index (χ1v) is 6.95. The second-order valence-electron chi connectivity index (χ2n) is 5.49. The van der Waals surface area contributed by atoms with Crippen LogP contribution in [-0.4, -0.2) is 20.7 Å². The van der Waals surface area contributed by atoms with Crippen LogP contribution in [0.4, 0.5) is 11.5 Å². The van der Waals surface area contributed by atoms with E-state index in [9.17, 15) is 10.1 Å². The number of hydrogen-bond acceptors (Lipinski definition) is 4. The quantitative estimate of drug-likeness (QED) is 0.671. The van der Waals surface area contributed by atoms with Crippen molar-refractivity contribution in [1.82, 2.24) is 9.78 Å². The van der Waals surface area contributed by atoms with Crippen LogP contribution in [0.1, 0.15) is 44.7 Å². The minimum Gasteiger partial charge on any atom is -0.362 e. The Kier molecular flexibility index (Phi) is 4.07. The van der Waals surface area contributed by atoms with Crippen LogP contribution in [0.25, 0.3) is 0 Å². The number of aryl methyl sites for hydroxylation is 2. The third-order valence-corrected chi connectivity index (χ3v) is 4.09. The number of aromatic nitrogens is 2. The molecule has 106 valence electrons. The molecule has 6 heteroatoms. The van der Waals surface area contributed by atoms with Crippen LogP contribution in [-0.2, 0) is 7.05 Å². The van der Waals surface area contributed by atoms with Gasteiger partial charge >= 0.3 is 5.69 Å². The molecule has 0 radical (unpaired) electrons. The van der Waals surface area contributed by atoms with Crippen molar-refractivity contribution in [2.24, 2.45) is 13.0 Å². The Morgan fingerprint density at radius 2 is 2.05 bits per heavy atom. The molecule has 1 fully saturated rings. The number of nitrogens with zero attached hydrogens (tertiary/aromatic N) is 3. The number of anilines is 1. The van der Waals surface area contributed by atoms with Gasteiger partial charge in [0.05, 0.1) is 4.92 Å². The average molecular weight is 266 g/mol. The van der Waals surface area contributed by atoms with Crippen molar-refractivity contribution in [3.63, 3.8) is 0 Å². The van der Waals surface area contributed by atoms with Crippen LogP contribution in [0.15, 0.2) is 0 Å². The van der Waals surface area contributed by atoms with Crippen LogP contribution < -0.4 is 5.32 Å². The van der Waals surface area contributed by atoms with Crippen molar-refractivity contribution >= 4 is 11.5 Å². The topological polar surface area (TPSA) is 73.0 Å². The van der Waals surface area contributed by atoms with Crippen LogP contribution in [0, 0.1) is 23.0 Å². The molecule has 0 spiro atoms.